The van der Waals surface area contributed by atoms with Gasteiger partial charge >= 0.3 is 0 Å². The molecule has 2 unspecified atom stereocenters. The number of anilines is 1. The Labute approximate surface area is 171 Å². The van der Waals surface area contributed by atoms with Crippen molar-refractivity contribution in [2.75, 3.05) is 5.32 Å². The van der Waals surface area contributed by atoms with Gasteiger partial charge in [0.25, 0.3) is 5.91 Å². The fourth-order valence-corrected chi connectivity index (χ4v) is 4.54. The molecule has 1 fully saturated rings. The number of carbonyl (C=O) groups is 1. The third-order valence-electron chi connectivity index (χ3n) is 5.53. The summed E-state index contributed by atoms with van der Waals surface area (Å²) in [6.07, 6.45) is 10.2. The molecule has 0 aromatic carbocycles. The van der Waals surface area contributed by atoms with Crippen LogP contribution in [0.5, 0.6) is 0 Å². The Balaban J connectivity index is 1.49. The molecule has 7 nitrogen and oxygen atoms in total. The van der Waals surface area contributed by atoms with Crippen molar-refractivity contribution in [3.05, 3.63) is 54.1 Å². The van der Waals surface area contributed by atoms with E-state index in [1.54, 1.807) is 16.9 Å². The topological polar surface area (TPSA) is 84.2 Å². The lowest BCUT2D eigenvalue weighted by Gasteiger charge is -2.39. The van der Waals surface area contributed by atoms with Gasteiger partial charge in [0.2, 0.25) is 0 Å². The number of amides is 1. The molecule has 0 aliphatic heterocycles. The second-order valence-corrected chi connectivity index (χ2v) is 8.94. The molecule has 1 saturated carbocycles. The predicted octanol–water partition coefficient (Wildman–Crippen LogP) is 3.68. The molecular formula is C22H28N6O. The van der Waals surface area contributed by atoms with Crippen LogP contribution in [0.1, 0.15) is 56.0 Å². The van der Waals surface area contributed by atoms with Crippen LogP contribution in [0.25, 0.3) is 5.65 Å². The first-order valence-electron chi connectivity index (χ1n) is 10.2. The third-order valence-corrected chi connectivity index (χ3v) is 5.53. The van der Waals surface area contributed by atoms with E-state index in [0.717, 1.165) is 18.4 Å². The lowest BCUT2D eigenvalue weighted by atomic mass is 9.70. The van der Waals surface area contributed by atoms with Crippen molar-refractivity contribution in [2.45, 2.75) is 52.6 Å². The van der Waals surface area contributed by atoms with Crippen molar-refractivity contribution >= 4 is 17.4 Å². The smallest absolute Gasteiger partial charge is 0.256 e. The molecule has 1 aliphatic rings. The molecular weight excluding hydrogens is 364 g/mol. The van der Waals surface area contributed by atoms with Crippen LogP contribution in [0.4, 0.5) is 5.82 Å². The van der Waals surface area contributed by atoms with Crippen LogP contribution < -0.4 is 10.6 Å². The molecule has 4 rings (SSSR count). The first kappa shape index (κ1) is 19.4. The normalized spacial score (nSPS) is 21.1. The van der Waals surface area contributed by atoms with Gasteiger partial charge < -0.3 is 10.6 Å². The molecule has 3 aromatic heterocycles. The molecule has 7 heteroatoms. The summed E-state index contributed by atoms with van der Waals surface area (Å²) in [6, 6.07) is 5.94. The second-order valence-electron chi connectivity index (χ2n) is 8.94. The van der Waals surface area contributed by atoms with Crippen LogP contribution in [0, 0.1) is 11.3 Å². The highest BCUT2D eigenvalue weighted by molar-refractivity contribution is 5.99. The van der Waals surface area contributed by atoms with Gasteiger partial charge in [-0.05, 0) is 48.3 Å². The fourth-order valence-electron chi connectivity index (χ4n) is 4.54. The Kier molecular flexibility index (Phi) is 5.22. The molecule has 0 radical (unpaired) electrons. The van der Waals surface area contributed by atoms with Crippen molar-refractivity contribution in [3.8, 4) is 0 Å². The number of nitrogens with zero attached hydrogens (tertiary/aromatic N) is 4. The highest BCUT2D eigenvalue weighted by Gasteiger charge is 2.33. The zero-order chi connectivity index (χ0) is 20.4. The van der Waals surface area contributed by atoms with Crippen LogP contribution in [0.15, 0.2) is 43.0 Å². The summed E-state index contributed by atoms with van der Waals surface area (Å²) in [5, 5.41) is 10.8. The number of hydrogen-bond acceptors (Lipinski definition) is 5. The van der Waals surface area contributed by atoms with E-state index in [2.05, 4.69) is 46.5 Å². The van der Waals surface area contributed by atoms with Gasteiger partial charge in [0.05, 0.1) is 6.20 Å². The van der Waals surface area contributed by atoms with Gasteiger partial charge in [-0.3, -0.25) is 9.78 Å². The van der Waals surface area contributed by atoms with E-state index in [0.29, 0.717) is 29.5 Å². The molecule has 29 heavy (non-hydrogen) atoms. The van der Waals surface area contributed by atoms with Gasteiger partial charge in [0.1, 0.15) is 11.4 Å². The molecule has 2 atom stereocenters. The number of fused-ring (bicyclic) bond motifs is 1. The summed E-state index contributed by atoms with van der Waals surface area (Å²) in [7, 11) is 0. The maximum Gasteiger partial charge on any atom is 0.256 e. The van der Waals surface area contributed by atoms with Gasteiger partial charge in [0, 0.05) is 31.2 Å². The Morgan fingerprint density at radius 2 is 2.14 bits per heavy atom. The summed E-state index contributed by atoms with van der Waals surface area (Å²) in [6.45, 7) is 7.43. The molecule has 1 amide bonds. The Morgan fingerprint density at radius 1 is 1.28 bits per heavy atom. The maximum atomic E-state index is 13.0. The van der Waals surface area contributed by atoms with E-state index in [9.17, 15) is 4.79 Å². The fraction of sp³-hybridized carbons (Fsp3) is 0.455. The number of pyridine rings is 1. The number of carbonyl (C=O) groups excluding carboxylic acids is 1. The van der Waals surface area contributed by atoms with Crippen molar-refractivity contribution in [2.24, 2.45) is 11.3 Å². The second kappa shape index (κ2) is 7.81. The molecule has 152 valence electrons. The first-order valence-corrected chi connectivity index (χ1v) is 10.2. The van der Waals surface area contributed by atoms with Crippen LogP contribution in [0.3, 0.4) is 0 Å². The van der Waals surface area contributed by atoms with Gasteiger partial charge in [0.15, 0.2) is 5.65 Å². The summed E-state index contributed by atoms with van der Waals surface area (Å²) >= 11 is 0. The SMILES string of the molecule is CC1CC(NC(=O)c2cnn3ccc(NCc4cccnc4)nc23)CC(C)(C)C1. The van der Waals surface area contributed by atoms with Crippen molar-refractivity contribution < 1.29 is 4.79 Å². The third kappa shape index (κ3) is 4.55. The highest BCUT2D eigenvalue weighted by Crippen LogP contribution is 2.38. The lowest BCUT2D eigenvalue weighted by Crippen LogP contribution is -2.43. The van der Waals surface area contributed by atoms with Crippen LogP contribution >= 0.6 is 0 Å². The van der Waals surface area contributed by atoms with Crippen molar-refractivity contribution in [3.63, 3.8) is 0 Å². The lowest BCUT2D eigenvalue weighted by molar-refractivity contribution is 0.0875. The maximum absolute atomic E-state index is 13.0. The summed E-state index contributed by atoms with van der Waals surface area (Å²) < 4.78 is 1.64. The first-order chi connectivity index (χ1) is 13.9. The summed E-state index contributed by atoms with van der Waals surface area (Å²) in [5.41, 5.74) is 2.38. The Morgan fingerprint density at radius 3 is 2.90 bits per heavy atom. The number of aromatic nitrogens is 4. The quantitative estimate of drug-likeness (QED) is 0.692. The van der Waals surface area contributed by atoms with E-state index < -0.39 is 0 Å². The molecule has 2 N–H and O–H groups in total. The van der Waals surface area contributed by atoms with Crippen LogP contribution in [-0.2, 0) is 6.54 Å². The molecule has 0 bridgehead atoms. The van der Waals surface area contributed by atoms with Crippen molar-refractivity contribution in [1.82, 2.24) is 24.9 Å². The zero-order valence-electron chi connectivity index (χ0n) is 17.2. The number of rotatable bonds is 5. The van der Waals surface area contributed by atoms with Gasteiger partial charge in [-0.1, -0.05) is 26.8 Å². The monoisotopic (exact) mass is 392 g/mol. The predicted molar refractivity (Wildman–Crippen MR) is 113 cm³/mol. The summed E-state index contributed by atoms with van der Waals surface area (Å²) in [4.78, 5) is 21.7. The molecule has 1 aliphatic carbocycles. The van der Waals surface area contributed by atoms with E-state index in [1.807, 2.05) is 30.6 Å². The van der Waals surface area contributed by atoms with Crippen molar-refractivity contribution in [1.29, 1.82) is 0 Å². The van der Waals surface area contributed by atoms with Crippen LogP contribution in [-0.4, -0.2) is 31.5 Å². The number of nitrogens with one attached hydrogen (secondary N) is 2. The Hall–Kier alpha value is -2.96. The zero-order valence-corrected chi connectivity index (χ0v) is 17.2. The average Bonchev–Trinajstić information content (AvgIpc) is 3.09. The summed E-state index contributed by atoms with van der Waals surface area (Å²) in [5.74, 6) is 1.20. The Bertz CT molecular complexity index is 997. The molecule has 3 aromatic rings. The van der Waals surface area contributed by atoms with Gasteiger partial charge in [-0.2, -0.15) is 5.10 Å². The van der Waals surface area contributed by atoms with E-state index >= 15 is 0 Å². The molecule has 3 heterocycles. The van der Waals surface area contributed by atoms with Crippen LogP contribution in [0.2, 0.25) is 0 Å². The van der Waals surface area contributed by atoms with Gasteiger partial charge in [-0.15, -0.1) is 0 Å². The average molecular weight is 393 g/mol. The largest absolute Gasteiger partial charge is 0.366 e. The highest BCUT2D eigenvalue weighted by atomic mass is 16.1. The van der Waals surface area contributed by atoms with Gasteiger partial charge in [-0.25, -0.2) is 9.50 Å². The van der Waals surface area contributed by atoms with E-state index in [4.69, 9.17) is 0 Å². The minimum absolute atomic E-state index is 0.105. The van der Waals surface area contributed by atoms with E-state index in [-0.39, 0.29) is 17.4 Å². The molecule has 0 saturated heterocycles. The van der Waals surface area contributed by atoms with E-state index in [1.165, 1.54) is 6.42 Å². The minimum atomic E-state index is -0.105. The molecule has 0 spiro atoms. The minimum Gasteiger partial charge on any atom is -0.366 e. The number of hydrogen-bond donors (Lipinski definition) is 2. The standard InChI is InChI=1S/C22H28N6O/c1-15-9-17(11-22(2,3)10-15)26-21(29)18-14-25-28-8-6-19(27-20(18)28)24-13-16-5-4-7-23-12-16/h4-8,12,14-15,17H,9-11,13H2,1-3H3,(H,24,27)(H,26,29).